The zero-order chi connectivity index (χ0) is 24.4. The highest BCUT2D eigenvalue weighted by atomic mass is 35.5. The first kappa shape index (κ1) is 23.4. The third-order valence-electron chi connectivity index (χ3n) is 5.75. The van der Waals surface area contributed by atoms with E-state index in [1.165, 1.54) is 12.0 Å². The number of ether oxygens (including phenoxy) is 2. The predicted molar refractivity (Wildman–Crippen MR) is 132 cm³/mol. The molecule has 3 aromatic rings. The van der Waals surface area contributed by atoms with Gasteiger partial charge in [0.15, 0.2) is 0 Å². The van der Waals surface area contributed by atoms with E-state index >= 15 is 0 Å². The maximum absolute atomic E-state index is 13.3. The zero-order valence-electron chi connectivity index (χ0n) is 19.0. The maximum atomic E-state index is 13.3. The maximum Gasteiger partial charge on any atom is 0.300 e. The quantitative estimate of drug-likeness (QED) is 0.281. The van der Waals surface area contributed by atoms with Gasteiger partial charge in [0, 0.05) is 21.8 Å². The molecule has 3 aromatic carbocycles. The minimum atomic E-state index is -0.915. The number of amides is 1. The van der Waals surface area contributed by atoms with E-state index in [9.17, 15) is 14.7 Å². The van der Waals surface area contributed by atoms with Crippen LogP contribution in [0.15, 0.2) is 72.3 Å². The molecule has 1 atom stereocenters. The van der Waals surface area contributed by atoms with E-state index < -0.39 is 17.7 Å². The largest absolute Gasteiger partial charge is 0.507 e. The molecule has 1 saturated heterocycles. The first-order valence-electron chi connectivity index (χ1n) is 10.8. The fraction of sp³-hybridized carbons (Fsp3) is 0.185. The molecule has 6 nitrogen and oxygen atoms in total. The van der Waals surface area contributed by atoms with Crippen molar-refractivity contribution in [3.05, 3.63) is 94.0 Å². The Morgan fingerprint density at radius 3 is 2.41 bits per heavy atom. The van der Waals surface area contributed by atoms with Gasteiger partial charge in [-0.2, -0.15) is 0 Å². The van der Waals surface area contributed by atoms with E-state index in [0.717, 1.165) is 5.56 Å². The number of hydrogen-bond acceptors (Lipinski definition) is 5. The number of nitrogens with zero attached hydrogens (tertiary/aromatic N) is 1. The zero-order valence-corrected chi connectivity index (χ0v) is 19.8. The number of aliphatic hydroxyl groups excluding tert-OH is 1. The number of rotatable bonds is 6. The van der Waals surface area contributed by atoms with Gasteiger partial charge in [-0.25, -0.2) is 0 Å². The molecule has 0 radical (unpaired) electrons. The average molecular weight is 478 g/mol. The lowest BCUT2D eigenvalue weighted by atomic mass is 9.94. The third kappa shape index (κ3) is 4.13. The van der Waals surface area contributed by atoms with Gasteiger partial charge >= 0.3 is 0 Å². The van der Waals surface area contributed by atoms with Gasteiger partial charge < -0.3 is 14.6 Å². The topological polar surface area (TPSA) is 76.1 Å². The number of methoxy groups -OCH3 is 1. The Kier molecular flexibility index (Phi) is 6.61. The molecule has 174 valence electrons. The minimum absolute atomic E-state index is 0.0321. The fourth-order valence-corrected chi connectivity index (χ4v) is 4.22. The first-order chi connectivity index (χ1) is 16.4. The van der Waals surface area contributed by atoms with Crippen LogP contribution in [0.4, 0.5) is 5.69 Å². The van der Waals surface area contributed by atoms with Crippen LogP contribution >= 0.6 is 11.6 Å². The summed E-state index contributed by atoms with van der Waals surface area (Å²) < 4.78 is 11.0. The molecule has 0 bridgehead atoms. The van der Waals surface area contributed by atoms with Crippen molar-refractivity contribution in [2.45, 2.75) is 19.9 Å². The van der Waals surface area contributed by atoms with Crippen LogP contribution in [0.3, 0.4) is 0 Å². The van der Waals surface area contributed by atoms with Crippen molar-refractivity contribution in [1.29, 1.82) is 0 Å². The lowest BCUT2D eigenvalue weighted by Crippen LogP contribution is -2.29. The Hall–Kier alpha value is -3.77. The molecule has 1 N–H and O–H groups in total. The highest BCUT2D eigenvalue weighted by molar-refractivity contribution is 6.52. The molecule has 0 aromatic heterocycles. The Bertz CT molecular complexity index is 1280. The first-order valence-corrected chi connectivity index (χ1v) is 11.2. The van der Waals surface area contributed by atoms with Crippen molar-refractivity contribution < 1.29 is 24.2 Å². The summed E-state index contributed by atoms with van der Waals surface area (Å²) in [5.74, 6) is -0.717. The summed E-state index contributed by atoms with van der Waals surface area (Å²) in [4.78, 5) is 28.0. The van der Waals surface area contributed by atoms with Crippen LogP contribution < -0.4 is 14.4 Å². The lowest BCUT2D eigenvalue weighted by molar-refractivity contribution is -0.132. The van der Waals surface area contributed by atoms with Crippen LogP contribution in [0.2, 0.25) is 5.02 Å². The van der Waals surface area contributed by atoms with Crippen molar-refractivity contribution in [1.82, 2.24) is 0 Å². The number of carbonyl (C=O) groups is 2. The number of aliphatic hydroxyl groups is 1. The summed E-state index contributed by atoms with van der Waals surface area (Å²) in [6.45, 7) is 4.23. The van der Waals surface area contributed by atoms with E-state index in [-0.39, 0.29) is 11.3 Å². The molecular weight excluding hydrogens is 454 g/mol. The third-order valence-corrected chi connectivity index (χ3v) is 6.16. The molecule has 1 heterocycles. The summed E-state index contributed by atoms with van der Waals surface area (Å²) in [7, 11) is 1.51. The molecule has 1 unspecified atom stereocenters. The number of halogens is 1. The van der Waals surface area contributed by atoms with Crippen molar-refractivity contribution >= 4 is 34.7 Å². The molecule has 1 fully saturated rings. The normalized spacial score (nSPS) is 17.2. The van der Waals surface area contributed by atoms with Crippen molar-refractivity contribution in [3.8, 4) is 11.5 Å². The predicted octanol–water partition coefficient (Wildman–Crippen LogP) is 5.68. The summed E-state index contributed by atoms with van der Waals surface area (Å²) >= 11 is 6.34. The Labute approximate surface area is 203 Å². The van der Waals surface area contributed by atoms with Crippen LogP contribution in [0.25, 0.3) is 5.76 Å². The standard InChI is InChI=1S/C27H24ClNO5/c1-4-34-19-13-10-17(11-14-19)25(30)23-24(20-7-5-6-8-22(20)33-3)29(27(32)26(23)31)18-12-9-16(2)21(28)15-18/h5-15,24,30H,4H2,1-3H3/b25-23+. The van der Waals surface area contributed by atoms with Gasteiger partial charge in [0.1, 0.15) is 17.3 Å². The van der Waals surface area contributed by atoms with Gasteiger partial charge in [-0.05, 0) is 61.9 Å². The number of ketones is 1. The SMILES string of the molecule is CCOc1ccc(/C(O)=C2\C(=O)C(=O)N(c3ccc(C)c(Cl)c3)C2c2ccccc2OC)cc1. The van der Waals surface area contributed by atoms with Gasteiger partial charge in [-0.1, -0.05) is 35.9 Å². The molecule has 0 saturated carbocycles. The van der Waals surface area contributed by atoms with Crippen LogP contribution in [-0.4, -0.2) is 30.5 Å². The molecular formula is C27H24ClNO5. The number of carbonyl (C=O) groups excluding carboxylic acids is 2. The summed E-state index contributed by atoms with van der Waals surface area (Å²) in [5.41, 5.74) is 2.21. The summed E-state index contributed by atoms with van der Waals surface area (Å²) in [6.07, 6.45) is 0. The van der Waals surface area contributed by atoms with E-state index in [2.05, 4.69) is 0 Å². The second-order valence-corrected chi connectivity index (χ2v) is 8.21. The Balaban J connectivity index is 1.94. The lowest BCUT2D eigenvalue weighted by Gasteiger charge is -2.27. The van der Waals surface area contributed by atoms with E-state index in [1.54, 1.807) is 66.7 Å². The summed E-state index contributed by atoms with van der Waals surface area (Å²) in [6, 6.07) is 18.0. The summed E-state index contributed by atoms with van der Waals surface area (Å²) in [5, 5.41) is 11.7. The van der Waals surface area contributed by atoms with Crippen molar-refractivity contribution in [2.24, 2.45) is 0 Å². The number of aryl methyl sites for hydroxylation is 1. The second kappa shape index (κ2) is 9.61. The van der Waals surface area contributed by atoms with E-state index in [1.807, 2.05) is 13.8 Å². The van der Waals surface area contributed by atoms with Crippen LogP contribution in [0.1, 0.15) is 29.7 Å². The molecule has 34 heavy (non-hydrogen) atoms. The van der Waals surface area contributed by atoms with Crippen LogP contribution in [0, 0.1) is 6.92 Å². The number of para-hydroxylation sites is 1. The Morgan fingerprint density at radius 1 is 1.06 bits per heavy atom. The minimum Gasteiger partial charge on any atom is -0.507 e. The van der Waals surface area contributed by atoms with Crippen LogP contribution in [0.5, 0.6) is 11.5 Å². The number of anilines is 1. The van der Waals surface area contributed by atoms with Gasteiger partial charge in [-0.3, -0.25) is 14.5 Å². The van der Waals surface area contributed by atoms with E-state index in [4.69, 9.17) is 21.1 Å². The van der Waals surface area contributed by atoms with Crippen molar-refractivity contribution in [2.75, 3.05) is 18.6 Å². The molecule has 1 amide bonds. The fourth-order valence-electron chi connectivity index (χ4n) is 4.05. The highest BCUT2D eigenvalue weighted by Gasteiger charge is 2.48. The Morgan fingerprint density at radius 2 is 1.76 bits per heavy atom. The monoisotopic (exact) mass is 477 g/mol. The highest BCUT2D eigenvalue weighted by Crippen LogP contribution is 2.45. The molecule has 0 aliphatic carbocycles. The molecule has 7 heteroatoms. The van der Waals surface area contributed by atoms with Gasteiger partial charge in [-0.15, -0.1) is 0 Å². The molecule has 1 aliphatic heterocycles. The van der Waals surface area contributed by atoms with Crippen LogP contribution in [-0.2, 0) is 9.59 Å². The van der Waals surface area contributed by atoms with Crippen molar-refractivity contribution in [3.63, 3.8) is 0 Å². The smallest absolute Gasteiger partial charge is 0.300 e. The number of benzene rings is 3. The van der Waals surface area contributed by atoms with E-state index in [0.29, 0.717) is 39.9 Å². The second-order valence-electron chi connectivity index (χ2n) is 7.80. The average Bonchev–Trinajstić information content (AvgIpc) is 3.11. The van der Waals surface area contributed by atoms with Gasteiger partial charge in [0.2, 0.25) is 0 Å². The molecule has 4 rings (SSSR count). The number of hydrogen-bond donors (Lipinski definition) is 1. The molecule has 1 aliphatic rings. The van der Waals surface area contributed by atoms with Gasteiger partial charge in [0.25, 0.3) is 11.7 Å². The number of Topliss-reactive ketones (excluding diaryl/α,β-unsaturated/α-hetero) is 1. The molecule has 0 spiro atoms. The van der Waals surface area contributed by atoms with Gasteiger partial charge in [0.05, 0.1) is 25.3 Å².